The number of hydrogen-bond donors (Lipinski definition) is 0. The molecule has 0 aliphatic carbocycles. The van der Waals surface area contributed by atoms with Gasteiger partial charge in [0, 0.05) is 12.4 Å². The van der Waals surface area contributed by atoms with Gasteiger partial charge in [-0.25, -0.2) is 0 Å². The molecule has 88 valence electrons. The average Bonchev–Trinajstić information content (AvgIpc) is 2.40. The number of pyridine rings is 1. The van der Waals surface area contributed by atoms with E-state index in [1.54, 1.807) is 0 Å². The van der Waals surface area contributed by atoms with Gasteiger partial charge < -0.3 is 0 Å². The Bertz CT molecular complexity index is 422. The standard InChI is InChI=1S/C16H19N/c1-2-6-16(15-9-11-17-12-10-15)13-14-7-4-3-5-8-14/h3-5,7-12,16H,2,6,13H2,1H3. The van der Waals surface area contributed by atoms with E-state index < -0.39 is 0 Å². The summed E-state index contributed by atoms with van der Waals surface area (Å²) in [6, 6.07) is 15.0. The Morgan fingerprint density at radius 1 is 1.00 bits per heavy atom. The van der Waals surface area contributed by atoms with Gasteiger partial charge in [-0.1, -0.05) is 43.7 Å². The lowest BCUT2D eigenvalue weighted by Crippen LogP contribution is -2.03. The maximum Gasteiger partial charge on any atom is 0.0270 e. The molecule has 1 heterocycles. The second-order valence-corrected chi connectivity index (χ2v) is 4.46. The van der Waals surface area contributed by atoms with Gasteiger partial charge in [-0.15, -0.1) is 0 Å². The Balaban J connectivity index is 2.13. The van der Waals surface area contributed by atoms with Crippen LogP contribution in [0.3, 0.4) is 0 Å². The molecule has 0 aliphatic heterocycles. The van der Waals surface area contributed by atoms with E-state index in [9.17, 15) is 0 Å². The molecule has 17 heavy (non-hydrogen) atoms. The quantitative estimate of drug-likeness (QED) is 0.743. The number of hydrogen-bond acceptors (Lipinski definition) is 1. The minimum Gasteiger partial charge on any atom is -0.265 e. The maximum atomic E-state index is 4.09. The van der Waals surface area contributed by atoms with Gasteiger partial charge >= 0.3 is 0 Å². The van der Waals surface area contributed by atoms with Gasteiger partial charge in [-0.05, 0) is 42.0 Å². The first-order valence-electron chi connectivity index (χ1n) is 6.34. The third-order valence-corrected chi connectivity index (χ3v) is 3.14. The minimum absolute atomic E-state index is 0.616. The highest BCUT2D eigenvalue weighted by molar-refractivity contribution is 5.22. The molecule has 0 fully saturated rings. The number of aromatic nitrogens is 1. The molecule has 0 bridgehead atoms. The normalized spacial score (nSPS) is 12.3. The van der Waals surface area contributed by atoms with Crippen LogP contribution in [0.5, 0.6) is 0 Å². The second kappa shape index (κ2) is 6.19. The van der Waals surface area contributed by atoms with Crippen LogP contribution in [-0.4, -0.2) is 4.98 Å². The van der Waals surface area contributed by atoms with Crippen LogP contribution in [0.25, 0.3) is 0 Å². The number of rotatable bonds is 5. The molecule has 1 aromatic carbocycles. The minimum atomic E-state index is 0.616. The Morgan fingerprint density at radius 3 is 2.35 bits per heavy atom. The molecule has 1 heteroatoms. The van der Waals surface area contributed by atoms with Crippen molar-refractivity contribution in [3.05, 3.63) is 66.0 Å². The first-order chi connectivity index (χ1) is 8.40. The van der Waals surface area contributed by atoms with E-state index in [2.05, 4.69) is 54.4 Å². The predicted molar refractivity (Wildman–Crippen MR) is 72.0 cm³/mol. The summed E-state index contributed by atoms with van der Waals surface area (Å²) < 4.78 is 0. The van der Waals surface area contributed by atoms with Crippen molar-refractivity contribution in [2.75, 3.05) is 0 Å². The lowest BCUT2D eigenvalue weighted by atomic mass is 9.89. The van der Waals surface area contributed by atoms with E-state index in [1.807, 2.05) is 12.4 Å². The monoisotopic (exact) mass is 225 g/mol. The molecule has 1 nitrogen and oxygen atoms in total. The van der Waals surface area contributed by atoms with Gasteiger partial charge in [0.15, 0.2) is 0 Å². The van der Waals surface area contributed by atoms with Crippen molar-refractivity contribution in [1.29, 1.82) is 0 Å². The van der Waals surface area contributed by atoms with Crippen LogP contribution >= 0.6 is 0 Å². The highest BCUT2D eigenvalue weighted by Gasteiger charge is 2.10. The van der Waals surface area contributed by atoms with Gasteiger partial charge in [0.05, 0.1) is 0 Å². The van der Waals surface area contributed by atoms with E-state index >= 15 is 0 Å². The van der Waals surface area contributed by atoms with Crippen LogP contribution in [0.4, 0.5) is 0 Å². The zero-order valence-electron chi connectivity index (χ0n) is 10.3. The Kier molecular flexibility index (Phi) is 4.31. The molecule has 0 saturated heterocycles. The topological polar surface area (TPSA) is 12.9 Å². The first-order valence-corrected chi connectivity index (χ1v) is 6.34. The summed E-state index contributed by atoms with van der Waals surface area (Å²) in [6.45, 7) is 2.25. The van der Waals surface area contributed by atoms with Crippen molar-refractivity contribution >= 4 is 0 Å². The second-order valence-electron chi connectivity index (χ2n) is 4.46. The van der Waals surface area contributed by atoms with E-state index in [1.165, 1.54) is 24.0 Å². The lowest BCUT2D eigenvalue weighted by molar-refractivity contribution is 0.609. The summed E-state index contributed by atoms with van der Waals surface area (Å²) in [7, 11) is 0. The van der Waals surface area contributed by atoms with Crippen LogP contribution in [-0.2, 0) is 6.42 Å². The molecule has 1 aromatic heterocycles. The predicted octanol–water partition coefficient (Wildman–Crippen LogP) is 4.21. The van der Waals surface area contributed by atoms with E-state index in [0.29, 0.717) is 5.92 Å². The Hall–Kier alpha value is -1.63. The van der Waals surface area contributed by atoms with Crippen LogP contribution in [0.15, 0.2) is 54.9 Å². The third-order valence-electron chi connectivity index (χ3n) is 3.14. The molecule has 1 unspecified atom stereocenters. The SMILES string of the molecule is CCCC(Cc1ccccc1)c1ccncc1. The highest BCUT2D eigenvalue weighted by Crippen LogP contribution is 2.25. The fraction of sp³-hybridized carbons (Fsp3) is 0.312. The van der Waals surface area contributed by atoms with E-state index in [-0.39, 0.29) is 0 Å². The van der Waals surface area contributed by atoms with Gasteiger partial charge in [-0.3, -0.25) is 4.98 Å². The molecular formula is C16H19N. The maximum absolute atomic E-state index is 4.09. The molecule has 0 spiro atoms. The summed E-state index contributed by atoms with van der Waals surface area (Å²) in [5.74, 6) is 0.616. The van der Waals surface area contributed by atoms with Crippen molar-refractivity contribution < 1.29 is 0 Å². The Labute approximate surface area is 104 Å². The van der Waals surface area contributed by atoms with Crippen LogP contribution in [0.2, 0.25) is 0 Å². The smallest absolute Gasteiger partial charge is 0.0270 e. The summed E-state index contributed by atoms with van der Waals surface area (Å²) >= 11 is 0. The molecule has 0 radical (unpaired) electrons. The molecule has 1 atom stereocenters. The van der Waals surface area contributed by atoms with Gasteiger partial charge in [0.25, 0.3) is 0 Å². The third kappa shape index (κ3) is 3.42. The van der Waals surface area contributed by atoms with Crippen LogP contribution in [0, 0.1) is 0 Å². The molecule has 0 aliphatic rings. The van der Waals surface area contributed by atoms with E-state index in [4.69, 9.17) is 0 Å². The van der Waals surface area contributed by atoms with Crippen molar-refractivity contribution in [3.8, 4) is 0 Å². The molecule has 2 rings (SSSR count). The van der Waals surface area contributed by atoms with E-state index in [0.717, 1.165) is 6.42 Å². The first kappa shape index (κ1) is 11.8. The summed E-state index contributed by atoms with van der Waals surface area (Å²) in [4.78, 5) is 4.09. The molecule has 2 aromatic rings. The van der Waals surface area contributed by atoms with Crippen molar-refractivity contribution in [3.63, 3.8) is 0 Å². The zero-order chi connectivity index (χ0) is 11.9. The van der Waals surface area contributed by atoms with Crippen LogP contribution in [0.1, 0.15) is 36.8 Å². The molecule has 0 amide bonds. The zero-order valence-corrected chi connectivity index (χ0v) is 10.3. The fourth-order valence-corrected chi connectivity index (χ4v) is 2.27. The summed E-state index contributed by atoms with van der Waals surface area (Å²) in [5, 5.41) is 0. The fourth-order valence-electron chi connectivity index (χ4n) is 2.27. The molecule has 0 N–H and O–H groups in total. The van der Waals surface area contributed by atoms with Crippen LogP contribution < -0.4 is 0 Å². The van der Waals surface area contributed by atoms with Gasteiger partial charge in [0.1, 0.15) is 0 Å². The Morgan fingerprint density at radius 2 is 1.71 bits per heavy atom. The van der Waals surface area contributed by atoms with Gasteiger partial charge in [-0.2, -0.15) is 0 Å². The van der Waals surface area contributed by atoms with Crippen molar-refractivity contribution in [2.45, 2.75) is 32.1 Å². The van der Waals surface area contributed by atoms with Gasteiger partial charge in [0.2, 0.25) is 0 Å². The number of nitrogens with zero attached hydrogens (tertiary/aromatic N) is 1. The van der Waals surface area contributed by atoms with Crippen molar-refractivity contribution in [2.24, 2.45) is 0 Å². The summed E-state index contributed by atoms with van der Waals surface area (Å²) in [5.41, 5.74) is 2.83. The highest BCUT2D eigenvalue weighted by atomic mass is 14.6. The molecular weight excluding hydrogens is 206 g/mol. The largest absolute Gasteiger partial charge is 0.265 e. The summed E-state index contributed by atoms with van der Waals surface area (Å²) in [6.07, 6.45) is 7.36. The number of benzene rings is 1. The molecule has 0 saturated carbocycles. The average molecular weight is 225 g/mol. The van der Waals surface area contributed by atoms with Crippen molar-refractivity contribution in [1.82, 2.24) is 4.98 Å². The lowest BCUT2D eigenvalue weighted by Gasteiger charge is -2.16.